The highest BCUT2D eigenvalue weighted by molar-refractivity contribution is 7.38. The highest BCUT2D eigenvalue weighted by atomic mass is 32.1. The number of aromatic nitrogens is 1. The molecule has 0 N–H and O–H groups in total. The number of rotatable bonds is 12. The fourth-order valence-electron chi connectivity index (χ4n) is 5.45. The zero-order chi connectivity index (χ0) is 37.8. The van der Waals surface area contributed by atoms with E-state index in [1.165, 1.54) is 45.3 Å². The van der Waals surface area contributed by atoms with E-state index in [-0.39, 0.29) is 18.0 Å². The molecule has 266 valence electrons. The van der Waals surface area contributed by atoms with Crippen LogP contribution < -0.4 is 9.47 Å². The Morgan fingerprint density at radius 1 is 0.704 bits per heavy atom. The van der Waals surface area contributed by atoms with Gasteiger partial charge in [0.1, 0.15) is 52.4 Å². The average molecular weight is 804 g/mol. The van der Waals surface area contributed by atoms with Crippen molar-refractivity contribution in [1.82, 2.24) is 4.57 Å². The number of carbonyl (C=O) groups is 1. The average Bonchev–Trinajstić information content (AvgIpc) is 4.04. The first kappa shape index (κ1) is 36.5. The van der Waals surface area contributed by atoms with E-state index in [4.69, 9.17) is 14.2 Å². The number of nitriles is 4. The van der Waals surface area contributed by atoms with Gasteiger partial charge in [-0.15, -0.1) is 56.7 Å². The quantitative estimate of drug-likeness (QED) is 0.110. The number of hydrogen-bond acceptors (Lipinski definition) is 15. The van der Waals surface area contributed by atoms with Crippen LogP contribution in [0.2, 0.25) is 0 Å². The standard InChI is InChI=1S/C38H25N7O4S5/c1-3-10-47-25-13-30(43-22(16-39)17-40)53-34(25)27-12-24-33(50-27)37-32(45(24)38(46)49-20-21-8-6-5-7-9-21)36-29(52-37)15-28(51-36)35-26(48-11-4-2)14-31(54-35)44-23(18-41)19-42/h5-9,12-15H,3-4,10-11,20H2,1-2H3. The van der Waals surface area contributed by atoms with Gasteiger partial charge in [0.25, 0.3) is 0 Å². The molecule has 0 aliphatic carbocycles. The number of carbonyl (C=O) groups excluding carboxylic acids is 1. The predicted molar refractivity (Wildman–Crippen MR) is 217 cm³/mol. The molecule has 0 saturated carbocycles. The summed E-state index contributed by atoms with van der Waals surface area (Å²) in [7, 11) is 0. The van der Waals surface area contributed by atoms with Gasteiger partial charge in [0.05, 0.1) is 57.9 Å². The maximum atomic E-state index is 14.2. The van der Waals surface area contributed by atoms with Crippen LogP contribution in [0, 0.1) is 45.3 Å². The summed E-state index contributed by atoms with van der Waals surface area (Å²) in [4.78, 5) is 26.0. The monoisotopic (exact) mass is 803 g/mol. The summed E-state index contributed by atoms with van der Waals surface area (Å²) < 4.78 is 23.5. The molecular formula is C38H25N7O4S5. The van der Waals surface area contributed by atoms with E-state index < -0.39 is 6.09 Å². The minimum atomic E-state index is -0.523. The molecule has 16 heteroatoms. The summed E-state index contributed by atoms with van der Waals surface area (Å²) in [5.74, 6) is 1.20. The lowest BCUT2D eigenvalue weighted by Crippen LogP contribution is -2.13. The minimum absolute atomic E-state index is 0.0895. The molecule has 0 bridgehead atoms. The fourth-order valence-corrected chi connectivity index (χ4v) is 11.5. The molecule has 0 amide bonds. The third-order valence-corrected chi connectivity index (χ3v) is 13.8. The summed E-state index contributed by atoms with van der Waals surface area (Å²) in [6.45, 7) is 5.06. The second-order valence-corrected chi connectivity index (χ2v) is 16.6. The van der Waals surface area contributed by atoms with Crippen LogP contribution in [0.5, 0.6) is 11.5 Å². The zero-order valence-electron chi connectivity index (χ0n) is 28.5. The van der Waals surface area contributed by atoms with Crippen molar-refractivity contribution in [3.05, 3.63) is 60.2 Å². The minimum Gasteiger partial charge on any atom is -0.492 e. The van der Waals surface area contributed by atoms with Crippen molar-refractivity contribution < 1.29 is 19.0 Å². The van der Waals surface area contributed by atoms with Crippen molar-refractivity contribution >= 4 is 114 Å². The second-order valence-electron chi connectivity index (χ2n) is 11.4. The van der Waals surface area contributed by atoms with Gasteiger partial charge in [-0.1, -0.05) is 44.2 Å². The Kier molecular flexibility index (Phi) is 10.8. The van der Waals surface area contributed by atoms with Crippen LogP contribution in [0.1, 0.15) is 32.3 Å². The molecular weight excluding hydrogens is 779 g/mol. The third-order valence-electron chi connectivity index (χ3n) is 7.72. The van der Waals surface area contributed by atoms with Crippen LogP contribution in [-0.4, -0.2) is 35.3 Å². The Hall–Kier alpha value is -5.85. The topological polar surface area (TPSA) is 170 Å². The van der Waals surface area contributed by atoms with Gasteiger partial charge in [-0.3, -0.25) is 0 Å². The maximum absolute atomic E-state index is 14.2. The molecule has 0 aliphatic heterocycles. The number of fused-ring (bicyclic) bond motifs is 5. The molecule has 0 saturated heterocycles. The Bertz CT molecular complexity index is 2750. The fraction of sp³-hybridized carbons (Fsp3) is 0.184. The van der Waals surface area contributed by atoms with E-state index in [2.05, 4.69) is 16.1 Å². The van der Waals surface area contributed by atoms with Crippen LogP contribution >= 0.6 is 56.7 Å². The summed E-state index contributed by atoms with van der Waals surface area (Å²) >= 11 is 7.26. The number of ether oxygens (including phenoxy) is 3. The second kappa shape index (κ2) is 16.0. The van der Waals surface area contributed by atoms with E-state index in [9.17, 15) is 25.8 Å². The van der Waals surface area contributed by atoms with Crippen molar-refractivity contribution in [1.29, 1.82) is 21.0 Å². The van der Waals surface area contributed by atoms with Gasteiger partial charge >= 0.3 is 6.09 Å². The van der Waals surface area contributed by atoms with Crippen molar-refractivity contribution in [2.45, 2.75) is 33.3 Å². The molecule has 0 spiro atoms. The van der Waals surface area contributed by atoms with Gasteiger partial charge in [0.15, 0.2) is 0 Å². The highest BCUT2D eigenvalue weighted by Gasteiger charge is 2.28. The summed E-state index contributed by atoms with van der Waals surface area (Å²) in [6.07, 6.45) is 1.05. The van der Waals surface area contributed by atoms with E-state index in [0.717, 1.165) is 62.2 Å². The Balaban J connectivity index is 1.39. The molecule has 6 heterocycles. The number of nitrogens with zero attached hydrogens (tertiary/aromatic N) is 7. The predicted octanol–water partition coefficient (Wildman–Crippen LogP) is 11.6. The van der Waals surface area contributed by atoms with Crippen molar-refractivity contribution in [2.75, 3.05) is 13.2 Å². The molecule has 7 rings (SSSR count). The summed E-state index contributed by atoms with van der Waals surface area (Å²) in [5, 5.41) is 38.1. The molecule has 0 radical (unpaired) electrons. The van der Waals surface area contributed by atoms with Gasteiger partial charge in [-0.05, 0) is 30.5 Å². The number of hydrogen-bond donors (Lipinski definition) is 0. The molecule has 11 nitrogen and oxygen atoms in total. The molecule has 1 aromatic carbocycles. The summed E-state index contributed by atoms with van der Waals surface area (Å²) in [6, 6.07) is 24.2. The highest BCUT2D eigenvalue weighted by Crippen LogP contribution is 2.54. The molecule has 0 unspecified atom stereocenters. The first-order chi connectivity index (χ1) is 26.4. The van der Waals surface area contributed by atoms with Crippen LogP contribution in [0.25, 0.3) is 49.3 Å². The number of benzene rings is 1. The molecule has 54 heavy (non-hydrogen) atoms. The van der Waals surface area contributed by atoms with Gasteiger partial charge in [0, 0.05) is 16.8 Å². The smallest absolute Gasteiger partial charge is 0.419 e. The van der Waals surface area contributed by atoms with E-state index in [1.54, 1.807) is 28.0 Å². The van der Waals surface area contributed by atoms with E-state index in [1.807, 2.05) is 74.5 Å². The summed E-state index contributed by atoms with van der Waals surface area (Å²) in [5.41, 5.74) is 1.79. The Morgan fingerprint density at radius 2 is 1.26 bits per heavy atom. The van der Waals surface area contributed by atoms with Crippen molar-refractivity contribution in [3.8, 4) is 55.3 Å². The normalized spacial score (nSPS) is 10.8. The van der Waals surface area contributed by atoms with Crippen LogP contribution in [0.15, 0.2) is 64.6 Å². The number of thiophene rings is 5. The molecule has 7 aromatic rings. The first-order valence-electron chi connectivity index (χ1n) is 16.4. The van der Waals surface area contributed by atoms with Crippen molar-refractivity contribution in [2.24, 2.45) is 9.98 Å². The Morgan fingerprint density at radius 3 is 1.81 bits per heavy atom. The van der Waals surface area contributed by atoms with Gasteiger partial charge < -0.3 is 14.2 Å². The molecule has 0 fully saturated rings. The third kappa shape index (κ3) is 7.10. The van der Waals surface area contributed by atoms with Gasteiger partial charge in [-0.2, -0.15) is 21.0 Å². The molecule has 0 atom stereocenters. The Labute approximate surface area is 328 Å². The lowest BCUT2D eigenvalue weighted by atomic mass is 10.2. The van der Waals surface area contributed by atoms with Gasteiger partial charge in [0.2, 0.25) is 11.4 Å². The SMILES string of the molecule is CCCOc1cc(N=C(C#N)C#N)sc1-c1cc2c(s1)c1sc3cc(-c4sc(N=C(C#N)C#N)cc4OCCC)sc3c1n2C(=O)OCc1ccccc1. The maximum Gasteiger partial charge on any atom is 0.419 e. The zero-order valence-corrected chi connectivity index (χ0v) is 32.6. The molecule has 0 aliphatic rings. The number of aliphatic imine (C=N–C) groups is 2. The van der Waals surface area contributed by atoms with Crippen LogP contribution in [-0.2, 0) is 11.3 Å². The van der Waals surface area contributed by atoms with E-state index in [0.29, 0.717) is 40.2 Å². The first-order valence-corrected chi connectivity index (χ1v) is 20.5. The largest absolute Gasteiger partial charge is 0.492 e. The van der Waals surface area contributed by atoms with Crippen LogP contribution in [0.4, 0.5) is 14.8 Å². The van der Waals surface area contributed by atoms with Crippen LogP contribution in [0.3, 0.4) is 0 Å². The van der Waals surface area contributed by atoms with Crippen molar-refractivity contribution in [3.63, 3.8) is 0 Å². The lowest BCUT2D eigenvalue weighted by molar-refractivity contribution is 0.143. The van der Waals surface area contributed by atoms with E-state index >= 15 is 0 Å². The van der Waals surface area contributed by atoms with Gasteiger partial charge in [-0.25, -0.2) is 19.3 Å². The lowest BCUT2D eigenvalue weighted by Gasteiger charge is -2.07. The molecule has 6 aromatic heterocycles.